The first kappa shape index (κ1) is 24.5. The summed E-state index contributed by atoms with van der Waals surface area (Å²) < 4.78 is 2.18. The SMILES string of the molecule is O=C(CSc1nnc(-c2ccc(Cl)cc2)n1C1CCCCC1)N/N=C\C(Cl)=C\c1ccccc1. The summed E-state index contributed by atoms with van der Waals surface area (Å²) in [5.74, 6) is 0.738. The minimum absolute atomic E-state index is 0.169. The molecular weight excluding hydrogens is 489 g/mol. The fourth-order valence-electron chi connectivity index (χ4n) is 3.91. The van der Waals surface area contributed by atoms with Crippen molar-refractivity contribution in [3.8, 4) is 11.4 Å². The maximum Gasteiger partial charge on any atom is 0.250 e. The van der Waals surface area contributed by atoms with Gasteiger partial charge in [-0.25, -0.2) is 5.43 Å². The van der Waals surface area contributed by atoms with Crippen molar-refractivity contribution in [2.45, 2.75) is 43.3 Å². The van der Waals surface area contributed by atoms with E-state index in [-0.39, 0.29) is 11.7 Å². The fraction of sp³-hybridized carbons (Fsp3) is 0.280. The Hall–Kier alpha value is -2.61. The van der Waals surface area contributed by atoms with E-state index in [1.54, 1.807) is 6.08 Å². The molecule has 1 aliphatic carbocycles. The molecular formula is C25H25Cl2N5OS. The van der Waals surface area contributed by atoms with Crippen molar-refractivity contribution in [2.24, 2.45) is 5.10 Å². The summed E-state index contributed by atoms with van der Waals surface area (Å²) in [6.45, 7) is 0. The first-order chi connectivity index (χ1) is 16.6. The van der Waals surface area contributed by atoms with E-state index in [2.05, 4.69) is 25.3 Å². The third kappa shape index (κ3) is 6.72. The molecule has 9 heteroatoms. The molecule has 0 radical (unpaired) electrons. The third-order valence-electron chi connectivity index (χ3n) is 5.52. The van der Waals surface area contributed by atoms with E-state index in [4.69, 9.17) is 23.2 Å². The number of thioether (sulfide) groups is 1. The van der Waals surface area contributed by atoms with Crippen LogP contribution < -0.4 is 5.43 Å². The van der Waals surface area contributed by atoms with Crippen LogP contribution >= 0.6 is 35.0 Å². The molecule has 1 saturated carbocycles. The molecule has 1 aliphatic rings. The standard InChI is InChI=1S/C25H25Cl2N5OS/c26-20-13-11-19(12-14-20)24-30-31-25(32(24)22-9-5-2-6-10-22)34-17-23(33)29-28-16-21(27)15-18-7-3-1-4-8-18/h1,3-4,7-8,11-16,22H,2,5-6,9-10,17H2,(H,29,33)/b21-15-,28-16-. The lowest BCUT2D eigenvalue weighted by molar-refractivity contribution is -0.118. The van der Waals surface area contributed by atoms with Gasteiger partial charge < -0.3 is 0 Å². The van der Waals surface area contributed by atoms with Gasteiger partial charge in [0.05, 0.1) is 17.0 Å². The summed E-state index contributed by atoms with van der Waals surface area (Å²) in [6, 6.07) is 17.6. The number of amides is 1. The van der Waals surface area contributed by atoms with Gasteiger partial charge in [-0.15, -0.1) is 10.2 Å². The van der Waals surface area contributed by atoms with Crippen molar-refractivity contribution in [3.05, 3.63) is 70.2 Å². The van der Waals surface area contributed by atoms with E-state index < -0.39 is 0 Å². The van der Waals surface area contributed by atoms with Crippen LogP contribution in [-0.2, 0) is 4.79 Å². The van der Waals surface area contributed by atoms with Gasteiger partial charge in [-0.1, -0.05) is 84.6 Å². The van der Waals surface area contributed by atoms with E-state index in [0.29, 0.717) is 16.1 Å². The number of hydrogen-bond acceptors (Lipinski definition) is 5. The largest absolute Gasteiger partial charge is 0.299 e. The van der Waals surface area contributed by atoms with Crippen molar-refractivity contribution in [3.63, 3.8) is 0 Å². The highest BCUT2D eigenvalue weighted by Crippen LogP contribution is 2.35. The summed E-state index contributed by atoms with van der Waals surface area (Å²) in [5.41, 5.74) is 4.44. The Balaban J connectivity index is 1.41. The molecule has 0 aliphatic heterocycles. The second-order valence-corrected chi connectivity index (χ2v) is 9.81. The molecule has 2 aromatic carbocycles. The summed E-state index contributed by atoms with van der Waals surface area (Å²) in [7, 11) is 0. The van der Waals surface area contributed by atoms with E-state index >= 15 is 0 Å². The molecule has 0 atom stereocenters. The Morgan fingerprint density at radius 1 is 1.09 bits per heavy atom. The highest BCUT2D eigenvalue weighted by atomic mass is 35.5. The first-order valence-electron chi connectivity index (χ1n) is 11.2. The molecule has 34 heavy (non-hydrogen) atoms. The van der Waals surface area contributed by atoms with Gasteiger partial charge in [0.2, 0.25) is 0 Å². The lowest BCUT2D eigenvalue weighted by Crippen LogP contribution is -2.20. The van der Waals surface area contributed by atoms with Crippen LogP contribution in [0.4, 0.5) is 0 Å². The molecule has 1 N–H and O–H groups in total. The number of nitrogens with one attached hydrogen (secondary N) is 1. The summed E-state index contributed by atoms with van der Waals surface area (Å²) >= 11 is 13.6. The minimum Gasteiger partial charge on any atom is -0.299 e. The molecule has 4 rings (SSSR count). The number of nitrogens with zero attached hydrogens (tertiary/aromatic N) is 4. The summed E-state index contributed by atoms with van der Waals surface area (Å²) in [5, 5.41) is 14.7. The zero-order chi connectivity index (χ0) is 23.8. The Bertz CT molecular complexity index is 1160. The second-order valence-electron chi connectivity index (χ2n) is 8.00. The van der Waals surface area contributed by atoms with E-state index in [9.17, 15) is 4.79 Å². The van der Waals surface area contributed by atoms with Crippen molar-refractivity contribution in [2.75, 3.05) is 5.75 Å². The fourth-order valence-corrected chi connectivity index (χ4v) is 5.01. The van der Waals surface area contributed by atoms with Crippen LogP contribution in [0, 0.1) is 0 Å². The monoisotopic (exact) mass is 513 g/mol. The van der Waals surface area contributed by atoms with E-state index in [0.717, 1.165) is 34.9 Å². The van der Waals surface area contributed by atoms with Gasteiger partial charge in [-0.05, 0) is 48.7 Å². The molecule has 1 aromatic heterocycles. The number of carbonyl (C=O) groups is 1. The zero-order valence-corrected chi connectivity index (χ0v) is 20.9. The summed E-state index contributed by atoms with van der Waals surface area (Å²) in [6.07, 6.45) is 8.96. The lowest BCUT2D eigenvalue weighted by atomic mass is 9.95. The minimum atomic E-state index is -0.239. The Kier molecular flexibility index (Phi) is 8.79. The number of rotatable bonds is 8. The van der Waals surface area contributed by atoms with E-state index in [1.165, 1.54) is 37.2 Å². The Labute approximate surface area is 213 Å². The number of benzene rings is 2. The van der Waals surface area contributed by atoms with Gasteiger partial charge >= 0.3 is 0 Å². The predicted octanol–water partition coefficient (Wildman–Crippen LogP) is 6.58. The number of hydrazone groups is 1. The third-order valence-corrected chi connectivity index (χ3v) is 6.92. The van der Waals surface area contributed by atoms with Crippen LogP contribution in [0.2, 0.25) is 5.02 Å². The van der Waals surface area contributed by atoms with Crippen LogP contribution in [0.1, 0.15) is 43.7 Å². The molecule has 0 bridgehead atoms. The van der Waals surface area contributed by atoms with Crippen LogP contribution in [0.15, 0.2) is 69.9 Å². The van der Waals surface area contributed by atoms with Gasteiger partial charge in [0.15, 0.2) is 11.0 Å². The van der Waals surface area contributed by atoms with Crippen LogP contribution in [0.5, 0.6) is 0 Å². The number of halogens is 2. The van der Waals surface area contributed by atoms with Crippen LogP contribution in [-0.4, -0.2) is 32.6 Å². The smallest absolute Gasteiger partial charge is 0.250 e. The highest BCUT2D eigenvalue weighted by molar-refractivity contribution is 7.99. The first-order valence-corrected chi connectivity index (χ1v) is 12.9. The average Bonchev–Trinajstić information content (AvgIpc) is 3.28. The molecule has 176 valence electrons. The maximum atomic E-state index is 12.4. The average molecular weight is 514 g/mol. The molecule has 1 amide bonds. The van der Waals surface area contributed by atoms with Gasteiger partial charge in [-0.3, -0.25) is 9.36 Å². The number of aromatic nitrogens is 3. The van der Waals surface area contributed by atoms with Gasteiger partial charge in [0, 0.05) is 16.6 Å². The molecule has 3 aromatic rings. The molecule has 0 unspecified atom stereocenters. The van der Waals surface area contributed by atoms with E-state index in [1.807, 2.05) is 54.6 Å². The molecule has 1 fully saturated rings. The van der Waals surface area contributed by atoms with Crippen molar-refractivity contribution < 1.29 is 4.79 Å². The van der Waals surface area contributed by atoms with Crippen LogP contribution in [0.3, 0.4) is 0 Å². The number of hydrogen-bond donors (Lipinski definition) is 1. The molecule has 6 nitrogen and oxygen atoms in total. The van der Waals surface area contributed by atoms with Gasteiger partial charge in [-0.2, -0.15) is 5.10 Å². The normalized spacial score (nSPS) is 15.1. The number of carbonyl (C=O) groups excluding carboxylic acids is 1. The lowest BCUT2D eigenvalue weighted by Gasteiger charge is -2.25. The summed E-state index contributed by atoms with van der Waals surface area (Å²) in [4.78, 5) is 12.4. The zero-order valence-electron chi connectivity index (χ0n) is 18.5. The van der Waals surface area contributed by atoms with Gasteiger partial charge in [0.1, 0.15) is 0 Å². The predicted molar refractivity (Wildman–Crippen MR) is 140 cm³/mol. The quantitative estimate of drug-likeness (QED) is 0.210. The van der Waals surface area contributed by atoms with Crippen LogP contribution in [0.25, 0.3) is 17.5 Å². The van der Waals surface area contributed by atoms with Gasteiger partial charge in [0.25, 0.3) is 5.91 Å². The number of allylic oxidation sites excluding steroid dienone is 1. The van der Waals surface area contributed by atoms with Crippen molar-refractivity contribution >= 4 is 53.2 Å². The second kappa shape index (κ2) is 12.2. The molecule has 0 spiro atoms. The van der Waals surface area contributed by atoms with Crippen molar-refractivity contribution in [1.82, 2.24) is 20.2 Å². The highest BCUT2D eigenvalue weighted by Gasteiger charge is 2.24. The topological polar surface area (TPSA) is 72.2 Å². The maximum absolute atomic E-state index is 12.4. The Morgan fingerprint density at radius 3 is 2.56 bits per heavy atom. The Morgan fingerprint density at radius 2 is 1.82 bits per heavy atom. The molecule has 1 heterocycles. The molecule has 0 saturated heterocycles. The van der Waals surface area contributed by atoms with Crippen molar-refractivity contribution in [1.29, 1.82) is 0 Å².